The molecule has 0 aromatic heterocycles. The number of hydrogen-bond donors (Lipinski definition) is 4. The molecule has 118 valence electrons. The maximum absolute atomic E-state index is 11.3. The molecule has 2 amide bonds. The lowest BCUT2D eigenvalue weighted by atomic mass is 10.1. The summed E-state index contributed by atoms with van der Waals surface area (Å²) in [5.74, 6) is -1.34. The molecule has 6 nitrogen and oxygen atoms in total. The molecule has 20 heavy (non-hydrogen) atoms. The zero-order valence-electron chi connectivity index (χ0n) is 12.4. The van der Waals surface area contributed by atoms with Gasteiger partial charge in [-0.1, -0.05) is 51.9 Å². The minimum Gasteiger partial charge on any atom is -0.479 e. The number of rotatable bonds is 12. The normalized spacial score (nSPS) is 11.9. The van der Waals surface area contributed by atoms with Gasteiger partial charge < -0.3 is 20.8 Å². The van der Waals surface area contributed by atoms with Crippen LogP contribution in [0.3, 0.4) is 0 Å². The fourth-order valence-corrected chi connectivity index (χ4v) is 1.80. The molecule has 0 bridgehead atoms. The summed E-state index contributed by atoms with van der Waals surface area (Å²) >= 11 is 0. The van der Waals surface area contributed by atoms with Gasteiger partial charge in [-0.15, -0.1) is 0 Å². The molecule has 0 spiro atoms. The van der Waals surface area contributed by atoms with Gasteiger partial charge in [-0.3, -0.25) is 0 Å². The lowest BCUT2D eigenvalue weighted by molar-refractivity contribution is -0.146. The Balaban J connectivity index is 3.29. The van der Waals surface area contributed by atoms with Crippen molar-refractivity contribution in [1.29, 1.82) is 0 Å². The van der Waals surface area contributed by atoms with Gasteiger partial charge in [-0.2, -0.15) is 0 Å². The zero-order valence-corrected chi connectivity index (χ0v) is 12.4. The van der Waals surface area contributed by atoms with Crippen LogP contribution < -0.4 is 10.6 Å². The SMILES string of the molecule is CCCCCCCCCCNC(=O)NC[C@H](O)C(=O)O. The van der Waals surface area contributed by atoms with Gasteiger partial charge in [0.1, 0.15) is 0 Å². The minimum atomic E-state index is -1.55. The number of carboxylic acid groups (broad SMARTS) is 1. The third kappa shape index (κ3) is 11.8. The number of nitrogens with one attached hydrogen (secondary N) is 2. The van der Waals surface area contributed by atoms with Crippen molar-refractivity contribution in [2.75, 3.05) is 13.1 Å². The smallest absolute Gasteiger partial charge is 0.334 e. The number of aliphatic hydroxyl groups excluding tert-OH is 1. The first-order valence-corrected chi connectivity index (χ1v) is 7.50. The Morgan fingerprint density at radius 1 is 0.950 bits per heavy atom. The molecule has 1 atom stereocenters. The first kappa shape index (κ1) is 18.7. The van der Waals surface area contributed by atoms with Crippen molar-refractivity contribution in [1.82, 2.24) is 10.6 Å². The Morgan fingerprint density at radius 3 is 2.05 bits per heavy atom. The molecule has 0 aromatic rings. The second kappa shape index (κ2) is 12.7. The molecule has 0 aromatic carbocycles. The number of aliphatic carboxylic acids is 1. The van der Waals surface area contributed by atoms with E-state index >= 15 is 0 Å². The summed E-state index contributed by atoms with van der Waals surface area (Å²) in [6, 6.07) is -0.437. The zero-order chi connectivity index (χ0) is 15.2. The van der Waals surface area contributed by atoms with E-state index in [2.05, 4.69) is 17.6 Å². The first-order valence-electron chi connectivity index (χ1n) is 7.50. The predicted octanol–water partition coefficient (Wildman–Crippen LogP) is 1.87. The van der Waals surface area contributed by atoms with Crippen LogP contribution in [-0.4, -0.2) is 41.4 Å². The average molecular weight is 288 g/mol. The fourth-order valence-electron chi connectivity index (χ4n) is 1.80. The van der Waals surface area contributed by atoms with E-state index in [1.54, 1.807) is 0 Å². The fraction of sp³-hybridized carbons (Fsp3) is 0.857. The molecule has 4 N–H and O–H groups in total. The Hall–Kier alpha value is -1.30. The quantitative estimate of drug-likeness (QED) is 0.412. The standard InChI is InChI=1S/C14H28N2O4/c1-2-3-4-5-6-7-8-9-10-15-14(20)16-11-12(17)13(18)19/h12,17H,2-11H2,1H3,(H,18,19)(H2,15,16,20)/t12-/m0/s1. The molecule has 0 aliphatic rings. The summed E-state index contributed by atoms with van der Waals surface area (Å²) in [6.45, 7) is 2.49. The van der Waals surface area contributed by atoms with Gasteiger partial charge in [-0.05, 0) is 6.42 Å². The van der Waals surface area contributed by atoms with Gasteiger partial charge >= 0.3 is 12.0 Å². The van der Waals surface area contributed by atoms with Crippen LogP contribution in [-0.2, 0) is 4.79 Å². The highest BCUT2D eigenvalue weighted by Crippen LogP contribution is 2.07. The van der Waals surface area contributed by atoms with Crippen LogP contribution in [0.2, 0.25) is 0 Å². The van der Waals surface area contributed by atoms with Crippen molar-refractivity contribution < 1.29 is 19.8 Å². The number of carbonyl (C=O) groups excluding carboxylic acids is 1. The van der Waals surface area contributed by atoms with Crippen LogP contribution >= 0.6 is 0 Å². The van der Waals surface area contributed by atoms with Crippen LogP contribution in [0.5, 0.6) is 0 Å². The number of amides is 2. The number of urea groups is 1. The summed E-state index contributed by atoms with van der Waals surface area (Å²) in [5.41, 5.74) is 0. The molecule has 0 saturated carbocycles. The molecule has 0 aliphatic heterocycles. The summed E-state index contributed by atoms with van der Waals surface area (Å²) in [7, 11) is 0. The molecule has 0 radical (unpaired) electrons. The van der Waals surface area contributed by atoms with Gasteiger partial charge in [0.15, 0.2) is 6.10 Å². The van der Waals surface area contributed by atoms with Gasteiger partial charge in [-0.25, -0.2) is 9.59 Å². The average Bonchev–Trinajstić information content (AvgIpc) is 2.42. The van der Waals surface area contributed by atoms with Crippen molar-refractivity contribution >= 4 is 12.0 Å². The molecule has 0 aliphatic carbocycles. The number of aliphatic hydroxyl groups is 1. The lowest BCUT2D eigenvalue weighted by Crippen LogP contribution is -2.42. The topological polar surface area (TPSA) is 98.7 Å². The van der Waals surface area contributed by atoms with E-state index in [4.69, 9.17) is 10.2 Å². The van der Waals surface area contributed by atoms with E-state index < -0.39 is 18.1 Å². The number of hydrogen-bond acceptors (Lipinski definition) is 3. The van der Waals surface area contributed by atoms with Crippen LogP contribution in [0, 0.1) is 0 Å². The van der Waals surface area contributed by atoms with Crippen molar-refractivity contribution in [3.05, 3.63) is 0 Å². The van der Waals surface area contributed by atoms with Crippen LogP contribution in [0.1, 0.15) is 58.3 Å². The Morgan fingerprint density at radius 2 is 1.50 bits per heavy atom. The van der Waals surface area contributed by atoms with E-state index in [9.17, 15) is 9.59 Å². The highest BCUT2D eigenvalue weighted by Gasteiger charge is 2.13. The minimum absolute atomic E-state index is 0.279. The van der Waals surface area contributed by atoms with Crippen molar-refractivity contribution in [3.8, 4) is 0 Å². The summed E-state index contributed by atoms with van der Waals surface area (Å²) in [6.07, 6.45) is 8.05. The summed E-state index contributed by atoms with van der Waals surface area (Å²) in [4.78, 5) is 21.6. The number of unbranched alkanes of at least 4 members (excludes halogenated alkanes) is 7. The van der Waals surface area contributed by atoms with E-state index in [1.165, 1.54) is 38.5 Å². The van der Waals surface area contributed by atoms with Gasteiger partial charge in [0.05, 0.1) is 6.54 Å². The lowest BCUT2D eigenvalue weighted by Gasteiger charge is -2.09. The van der Waals surface area contributed by atoms with Gasteiger partial charge in [0.25, 0.3) is 0 Å². The molecule has 6 heteroatoms. The molecule has 0 saturated heterocycles. The molecule has 0 heterocycles. The Labute approximate surface area is 120 Å². The molecular formula is C14H28N2O4. The molecule has 0 unspecified atom stereocenters. The number of carbonyl (C=O) groups is 2. The van der Waals surface area contributed by atoms with Crippen molar-refractivity contribution in [2.24, 2.45) is 0 Å². The van der Waals surface area contributed by atoms with Gasteiger partial charge in [0, 0.05) is 6.54 Å². The second-order valence-corrected chi connectivity index (χ2v) is 4.97. The van der Waals surface area contributed by atoms with Crippen LogP contribution in [0.4, 0.5) is 4.79 Å². The first-order chi connectivity index (χ1) is 9.57. The third-order valence-corrected chi connectivity index (χ3v) is 3.06. The monoisotopic (exact) mass is 288 g/mol. The Kier molecular flexibility index (Phi) is 11.9. The highest BCUT2D eigenvalue weighted by atomic mass is 16.4. The van der Waals surface area contributed by atoms with Crippen LogP contribution in [0.25, 0.3) is 0 Å². The van der Waals surface area contributed by atoms with E-state index in [1.807, 2.05) is 0 Å². The Bertz CT molecular complexity index is 272. The summed E-state index contributed by atoms with van der Waals surface area (Å²) in [5, 5.41) is 22.3. The van der Waals surface area contributed by atoms with E-state index in [0.29, 0.717) is 6.54 Å². The maximum atomic E-state index is 11.3. The highest BCUT2D eigenvalue weighted by molar-refractivity contribution is 5.76. The molecule has 0 fully saturated rings. The number of carboxylic acids is 1. The predicted molar refractivity (Wildman–Crippen MR) is 77.7 cm³/mol. The van der Waals surface area contributed by atoms with Crippen molar-refractivity contribution in [3.63, 3.8) is 0 Å². The molecule has 0 rings (SSSR count). The van der Waals surface area contributed by atoms with E-state index in [-0.39, 0.29) is 6.54 Å². The van der Waals surface area contributed by atoms with E-state index in [0.717, 1.165) is 12.8 Å². The maximum Gasteiger partial charge on any atom is 0.334 e. The van der Waals surface area contributed by atoms with Gasteiger partial charge in [0.2, 0.25) is 0 Å². The molecular weight excluding hydrogens is 260 g/mol. The summed E-state index contributed by atoms with van der Waals surface area (Å²) < 4.78 is 0. The van der Waals surface area contributed by atoms with Crippen LogP contribution in [0.15, 0.2) is 0 Å². The van der Waals surface area contributed by atoms with Crippen molar-refractivity contribution in [2.45, 2.75) is 64.4 Å². The second-order valence-electron chi connectivity index (χ2n) is 4.97. The third-order valence-electron chi connectivity index (χ3n) is 3.06. The largest absolute Gasteiger partial charge is 0.479 e.